The molecule has 0 radical (unpaired) electrons. The first-order valence-electron chi connectivity index (χ1n) is 8.60. The minimum atomic E-state index is 0.589. The molecule has 0 aliphatic heterocycles. The molecule has 130 valence electrons. The van der Waals surface area contributed by atoms with Crippen molar-refractivity contribution in [2.45, 2.75) is 37.2 Å². The number of benzene rings is 2. The molecule has 0 atom stereocenters. The van der Waals surface area contributed by atoms with Crippen molar-refractivity contribution in [2.75, 3.05) is 6.54 Å². The van der Waals surface area contributed by atoms with Crippen LogP contribution in [-0.4, -0.2) is 21.3 Å². The lowest BCUT2D eigenvalue weighted by molar-refractivity contribution is 0.601. The summed E-state index contributed by atoms with van der Waals surface area (Å²) in [6.45, 7) is 3.59. The van der Waals surface area contributed by atoms with Crippen molar-refractivity contribution in [3.05, 3.63) is 77.1 Å². The summed E-state index contributed by atoms with van der Waals surface area (Å²) >= 11 is 1.74. The molecule has 2 aromatic carbocycles. The van der Waals surface area contributed by atoms with E-state index in [0.29, 0.717) is 6.54 Å². The Balaban J connectivity index is 1.72. The Morgan fingerprint density at radius 1 is 0.960 bits per heavy atom. The molecule has 1 aromatic heterocycles. The number of nitrogens with two attached hydrogens (primary N) is 1. The molecule has 0 aliphatic rings. The molecule has 0 saturated heterocycles. The molecule has 0 spiro atoms. The molecule has 0 amide bonds. The van der Waals surface area contributed by atoms with E-state index in [-0.39, 0.29) is 0 Å². The Morgan fingerprint density at radius 2 is 1.76 bits per heavy atom. The van der Waals surface area contributed by atoms with E-state index in [4.69, 9.17) is 5.73 Å². The van der Waals surface area contributed by atoms with Gasteiger partial charge in [0.25, 0.3) is 0 Å². The summed E-state index contributed by atoms with van der Waals surface area (Å²) in [5.74, 6) is 1.87. The second-order valence-corrected chi connectivity index (χ2v) is 7.04. The lowest BCUT2D eigenvalue weighted by Gasteiger charge is -2.10. The molecule has 4 nitrogen and oxygen atoms in total. The molecule has 0 aliphatic carbocycles. The van der Waals surface area contributed by atoms with Gasteiger partial charge >= 0.3 is 0 Å². The van der Waals surface area contributed by atoms with E-state index in [1.807, 2.05) is 6.07 Å². The van der Waals surface area contributed by atoms with Crippen molar-refractivity contribution in [2.24, 2.45) is 5.73 Å². The van der Waals surface area contributed by atoms with Crippen molar-refractivity contribution in [1.29, 1.82) is 0 Å². The van der Waals surface area contributed by atoms with Crippen LogP contribution in [0.15, 0.2) is 59.8 Å². The van der Waals surface area contributed by atoms with Crippen LogP contribution in [0.3, 0.4) is 0 Å². The number of nitrogens with zero attached hydrogens (tertiary/aromatic N) is 3. The molecule has 0 saturated carbocycles. The maximum absolute atomic E-state index is 5.74. The first-order valence-corrected chi connectivity index (χ1v) is 9.59. The average molecular weight is 353 g/mol. The van der Waals surface area contributed by atoms with E-state index in [1.54, 1.807) is 11.8 Å². The van der Waals surface area contributed by atoms with Crippen LogP contribution < -0.4 is 5.73 Å². The van der Waals surface area contributed by atoms with E-state index in [2.05, 4.69) is 70.2 Å². The average Bonchev–Trinajstić information content (AvgIpc) is 3.01. The zero-order valence-electron chi connectivity index (χ0n) is 14.6. The van der Waals surface area contributed by atoms with Crippen LogP contribution in [-0.2, 0) is 25.1 Å². The summed E-state index contributed by atoms with van der Waals surface area (Å²) < 4.78 is 2.22. The van der Waals surface area contributed by atoms with Crippen LogP contribution in [0.5, 0.6) is 0 Å². The Labute approximate surface area is 153 Å². The fraction of sp³-hybridized carbons (Fsp3) is 0.300. The third kappa shape index (κ3) is 4.94. The van der Waals surface area contributed by atoms with Crippen LogP contribution in [0.25, 0.3) is 0 Å². The lowest BCUT2D eigenvalue weighted by atomic mass is 10.1. The summed E-state index contributed by atoms with van der Waals surface area (Å²) in [6, 6.07) is 19.1. The van der Waals surface area contributed by atoms with E-state index in [0.717, 1.165) is 36.1 Å². The van der Waals surface area contributed by atoms with Gasteiger partial charge in [-0.25, -0.2) is 0 Å². The van der Waals surface area contributed by atoms with Crippen molar-refractivity contribution >= 4 is 11.8 Å². The summed E-state index contributed by atoms with van der Waals surface area (Å²) in [6.07, 6.45) is 1.72. The van der Waals surface area contributed by atoms with Gasteiger partial charge in [0.15, 0.2) is 5.16 Å². The number of aromatic nitrogens is 3. The number of hydrogen-bond donors (Lipinski definition) is 1. The zero-order valence-corrected chi connectivity index (χ0v) is 15.4. The van der Waals surface area contributed by atoms with Gasteiger partial charge < -0.3 is 10.3 Å². The normalized spacial score (nSPS) is 11.0. The van der Waals surface area contributed by atoms with E-state index >= 15 is 0 Å². The minimum Gasteiger partial charge on any atom is -0.330 e. The van der Waals surface area contributed by atoms with Crippen LogP contribution in [0.1, 0.15) is 22.5 Å². The van der Waals surface area contributed by atoms with Gasteiger partial charge in [0.05, 0.1) is 0 Å². The second kappa shape index (κ2) is 8.83. The third-order valence-corrected chi connectivity index (χ3v) is 5.12. The third-order valence-electron chi connectivity index (χ3n) is 4.08. The smallest absolute Gasteiger partial charge is 0.191 e. The molecule has 2 N–H and O–H groups in total. The molecule has 25 heavy (non-hydrogen) atoms. The fourth-order valence-electron chi connectivity index (χ4n) is 2.80. The van der Waals surface area contributed by atoms with Crippen molar-refractivity contribution < 1.29 is 0 Å². The highest BCUT2D eigenvalue weighted by Gasteiger charge is 2.12. The molecule has 0 fully saturated rings. The highest BCUT2D eigenvalue weighted by atomic mass is 32.2. The largest absolute Gasteiger partial charge is 0.330 e. The van der Waals surface area contributed by atoms with E-state index in [9.17, 15) is 0 Å². The van der Waals surface area contributed by atoms with Gasteiger partial charge in [-0.2, -0.15) is 0 Å². The SMILES string of the molecule is Cc1cccc(CSc2nnc(CCN)n2CCc2ccccc2)c1. The number of thioether (sulfide) groups is 1. The fourth-order valence-corrected chi connectivity index (χ4v) is 3.73. The zero-order chi connectivity index (χ0) is 17.5. The molecule has 0 unspecified atom stereocenters. The molecule has 3 aromatic rings. The standard InChI is InChI=1S/C20H24N4S/c1-16-6-5-9-18(14-16)15-25-20-23-22-19(10-12-21)24(20)13-11-17-7-3-2-4-8-17/h2-9,14H,10-13,15,21H2,1H3. The maximum Gasteiger partial charge on any atom is 0.191 e. The Morgan fingerprint density at radius 3 is 2.52 bits per heavy atom. The van der Waals surface area contributed by atoms with Crippen molar-refractivity contribution in [1.82, 2.24) is 14.8 Å². The molecular formula is C20H24N4S. The molecule has 0 bridgehead atoms. The monoisotopic (exact) mass is 352 g/mol. The Kier molecular flexibility index (Phi) is 6.25. The number of hydrogen-bond acceptors (Lipinski definition) is 4. The van der Waals surface area contributed by atoms with Gasteiger partial charge in [0.2, 0.25) is 0 Å². The molecule has 5 heteroatoms. The van der Waals surface area contributed by atoms with Gasteiger partial charge in [-0.1, -0.05) is 71.9 Å². The Bertz CT molecular complexity index is 798. The number of rotatable bonds is 8. The number of aryl methyl sites for hydroxylation is 2. The van der Waals surface area contributed by atoms with E-state index in [1.165, 1.54) is 16.7 Å². The van der Waals surface area contributed by atoms with Gasteiger partial charge in [0, 0.05) is 18.7 Å². The first kappa shape index (κ1) is 17.7. The molecule has 1 heterocycles. The summed E-state index contributed by atoms with van der Waals surface area (Å²) in [7, 11) is 0. The Hall–Kier alpha value is -2.11. The molecular weight excluding hydrogens is 328 g/mol. The van der Waals surface area contributed by atoms with Gasteiger partial charge in [0.1, 0.15) is 5.82 Å². The van der Waals surface area contributed by atoms with Crippen molar-refractivity contribution in [3.8, 4) is 0 Å². The first-order chi connectivity index (χ1) is 12.3. The van der Waals surface area contributed by atoms with Crippen LogP contribution in [0.4, 0.5) is 0 Å². The van der Waals surface area contributed by atoms with Gasteiger partial charge in [-0.15, -0.1) is 10.2 Å². The van der Waals surface area contributed by atoms with Gasteiger partial charge in [-0.05, 0) is 31.0 Å². The van der Waals surface area contributed by atoms with Crippen LogP contribution >= 0.6 is 11.8 Å². The molecule has 3 rings (SSSR count). The van der Waals surface area contributed by atoms with Crippen molar-refractivity contribution in [3.63, 3.8) is 0 Å². The maximum atomic E-state index is 5.74. The van der Waals surface area contributed by atoms with E-state index < -0.39 is 0 Å². The predicted molar refractivity (Wildman–Crippen MR) is 104 cm³/mol. The highest BCUT2D eigenvalue weighted by Crippen LogP contribution is 2.23. The summed E-state index contributed by atoms with van der Waals surface area (Å²) in [4.78, 5) is 0. The predicted octanol–water partition coefficient (Wildman–Crippen LogP) is 3.62. The quantitative estimate of drug-likeness (QED) is 0.629. The summed E-state index contributed by atoms with van der Waals surface area (Å²) in [5.41, 5.74) is 9.66. The van der Waals surface area contributed by atoms with Crippen LogP contribution in [0, 0.1) is 6.92 Å². The second-order valence-electron chi connectivity index (χ2n) is 6.10. The summed E-state index contributed by atoms with van der Waals surface area (Å²) in [5, 5.41) is 9.74. The highest BCUT2D eigenvalue weighted by molar-refractivity contribution is 7.98. The minimum absolute atomic E-state index is 0.589. The van der Waals surface area contributed by atoms with Gasteiger partial charge in [-0.3, -0.25) is 0 Å². The van der Waals surface area contributed by atoms with Crippen LogP contribution in [0.2, 0.25) is 0 Å². The topological polar surface area (TPSA) is 56.7 Å². The lowest BCUT2D eigenvalue weighted by Crippen LogP contribution is -2.12.